The van der Waals surface area contributed by atoms with E-state index in [1.54, 1.807) is 13.8 Å². The molecule has 0 amide bonds. The maximum absolute atomic E-state index is 13.3. The summed E-state index contributed by atoms with van der Waals surface area (Å²) in [5.41, 5.74) is -1.04. The quantitative estimate of drug-likeness (QED) is 0.881. The van der Waals surface area contributed by atoms with E-state index < -0.39 is 27.5 Å². The Labute approximate surface area is 114 Å². The monoisotopic (exact) mass is 339 g/mol. The number of aliphatic hydroxyl groups excluding tert-OH is 1. The lowest BCUT2D eigenvalue weighted by molar-refractivity contribution is 0.111. The Bertz CT molecular complexity index is 543. The summed E-state index contributed by atoms with van der Waals surface area (Å²) in [6.07, 6.45) is -0.882. The Morgan fingerprint density at radius 1 is 1.44 bits per heavy atom. The van der Waals surface area contributed by atoms with Gasteiger partial charge in [0.15, 0.2) is 0 Å². The van der Waals surface area contributed by atoms with Crippen LogP contribution in [0.25, 0.3) is 0 Å². The zero-order chi connectivity index (χ0) is 14.1. The van der Waals surface area contributed by atoms with Crippen molar-refractivity contribution in [3.8, 4) is 0 Å². The summed E-state index contributed by atoms with van der Waals surface area (Å²) < 4.78 is 39.9. The second-order valence-corrected chi connectivity index (χ2v) is 7.12. The van der Waals surface area contributed by atoms with Crippen LogP contribution in [-0.2, 0) is 10.0 Å². The summed E-state index contributed by atoms with van der Waals surface area (Å²) in [5, 5.41) is 9.48. The van der Waals surface area contributed by atoms with Crippen molar-refractivity contribution in [2.45, 2.75) is 37.3 Å². The molecule has 0 radical (unpaired) electrons. The number of hydrogen-bond acceptors (Lipinski definition) is 3. The number of halogens is 2. The van der Waals surface area contributed by atoms with Crippen LogP contribution in [-0.4, -0.2) is 25.2 Å². The molecule has 102 valence electrons. The molecule has 1 rings (SSSR count). The number of aliphatic hydroxyl groups is 1. The van der Waals surface area contributed by atoms with Gasteiger partial charge in [-0.25, -0.2) is 17.5 Å². The summed E-state index contributed by atoms with van der Waals surface area (Å²) in [7, 11) is -3.87. The highest BCUT2D eigenvalue weighted by Gasteiger charge is 2.30. The number of nitrogens with one attached hydrogen (secondary N) is 1. The van der Waals surface area contributed by atoms with Crippen molar-refractivity contribution in [3.63, 3.8) is 0 Å². The minimum atomic E-state index is -3.87. The number of sulfonamides is 1. The second-order valence-electron chi connectivity index (χ2n) is 4.58. The fraction of sp³-hybridized carbons (Fsp3) is 0.455. The van der Waals surface area contributed by atoms with Gasteiger partial charge in [0.1, 0.15) is 5.82 Å². The van der Waals surface area contributed by atoms with Crippen molar-refractivity contribution in [2.24, 2.45) is 0 Å². The summed E-state index contributed by atoms with van der Waals surface area (Å²) in [5.74, 6) is -0.660. The van der Waals surface area contributed by atoms with E-state index in [0.29, 0.717) is 0 Å². The Hall–Kier alpha value is -0.500. The largest absolute Gasteiger partial charge is 0.391 e. The molecule has 7 heteroatoms. The lowest BCUT2D eigenvalue weighted by Crippen LogP contribution is -2.50. The van der Waals surface area contributed by atoms with Crippen LogP contribution in [0.5, 0.6) is 0 Å². The van der Waals surface area contributed by atoms with Gasteiger partial charge >= 0.3 is 0 Å². The van der Waals surface area contributed by atoms with Crippen LogP contribution in [0.3, 0.4) is 0 Å². The lowest BCUT2D eigenvalue weighted by atomic mass is 10.0. The van der Waals surface area contributed by atoms with Crippen LogP contribution >= 0.6 is 15.9 Å². The summed E-state index contributed by atoms with van der Waals surface area (Å²) in [6.45, 7) is 4.57. The van der Waals surface area contributed by atoms with E-state index >= 15 is 0 Å². The van der Waals surface area contributed by atoms with Gasteiger partial charge in [-0.2, -0.15) is 0 Å². The van der Waals surface area contributed by atoms with E-state index in [0.717, 1.165) is 6.07 Å². The van der Waals surface area contributed by atoms with E-state index in [2.05, 4.69) is 20.7 Å². The van der Waals surface area contributed by atoms with Crippen molar-refractivity contribution < 1.29 is 17.9 Å². The number of benzene rings is 1. The first-order valence-corrected chi connectivity index (χ1v) is 7.51. The van der Waals surface area contributed by atoms with Crippen LogP contribution in [0.2, 0.25) is 0 Å². The number of rotatable bonds is 4. The van der Waals surface area contributed by atoms with Crippen LogP contribution < -0.4 is 4.72 Å². The summed E-state index contributed by atoms with van der Waals surface area (Å²) in [6, 6.07) is 3.53. The predicted molar refractivity (Wildman–Crippen MR) is 70.2 cm³/mol. The zero-order valence-corrected chi connectivity index (χ0v) is 12.6. The van der Waals surface area contributed by atoms with Gasteiger partial charge in [-0.3, -0.25) is 0 Å². The van der Waals surface area contributed by atoms with E-state index in [1.807, 2.05) is 0 Å². The highest BCUT2D eigenvalue weighted by Crippen LogP contribution is 2.21. The molecule has 0 spiro atoms. The fourth-order valence-electron chi connectivity index (χ4n) is 1.13. The van der Waals surface area contributed by atoms with Crippen LogP contribution in [0.1, 0.15) is 20.8 Å². The Balaban J connectivity index is 3.11. The zero-order valence-electron chi connectivity index (χ0n) is 10.2. The van der Waals surface area contributed by atoms with Gasteiger partial charge in [-0.05, 0) is 54.9 Å². The Morgan fingerprint density at radius 2 is 2.00 bits per heavy atom. The summed E-state index contributed by atoms with van der Waals surface area (Å²) >= 11 is 2.95. The van der Waals surface area contributed by atoms with Gasteiger partial charge in [0.05, 0.1) is 21.0 Å². The molecule has 0 aliphatic rings. The topological polar surface area (TPSA) is 66.4 Å². The van der Waals surface area contributed by atoms with Gasteiger partial charge in [0, 0.05) is 0 Å². The maximum Gasteiger partial charge on any atom is 0.241 e. The molecule has 0 heterocycles. The molecule has 0 bridgehead atoms. The molecular formula is C11H15BrFNO3S. The van der Waals surface area contributed by atoms with E-state index in [-0.39, 0.29) is 9.37 Å². The molecule has 2 N–H and O–H groups in total. The minimum Gasteiger partial charge on any atom is -0.391 e. The second kappa shape index (κ2) is 5.24. The molecule has 0 aliphatic heterocycles. The van der Waals surface area contributed by atoms with E-state index in [9.17, 15) is 17.9 Å². The fourth-order valence-corrected chi connectivity index (χ4v) is 2.87. The van der Waals surface area contributed by atoms with Crippen LogP contribution in [0, 0.1) is 5.82 Å². The highest BCUT2D eigenvalue weighted by atomic mass is 79.9. The van der Waals surface area contributed by atoms with Crippen LogP contribution in [0.4, 0.5) is 4.39 Å². The summed E-state index contributed by atoms with van der Waals surface area (Å²) in [4.78, 5) is -0.183. The molecule has 1 unspecified atom stereocenters. The van der Waals surface area contributed by atoms with Crippen molar-refractivity contribution in [2.75, 3.05) is 0 Å². The normalized spacial score (nSPS) is 14.6. The maximum atomic E-state index is 13.3. The first-order valence-electron chi connectivity index (χ1n) is 5.23. The third-order valence-corrected chi connectivity index (χ3v) is 4.96. The predicted octanol–water partition coefficient (Wildman–Crippen LogP) is 2.03. The van der Waals surface area contributed by atoms with Crippen molar-refractivity contribution in [1.82, 2.24) is 4.72 Å². The molecule has 4 nitrogen and oxygen atoms in total. The van der Waals surface area contributed by atoms with Gasteiger partial charge in [-0.1, -0.05) is 0 Å². The van der Waals surface area contributed by atoms with E-state index in [4.69, 9.17) is 0 Å². The molecule has 0 aromatic heterocycles. The third kappa shape index (κ3) is 3.50. The molecule has 0 aliphatic carbocycles. The van der Waals surface area contributed by atoms with Gasteiger partial charge < -0.3 is 5.11 Å². The molecule has 18 heavy (non-hydrogen) atoms. The smallest absolute Gasteiger partial charge is 0.241 e. The van der Waals surface area contributed by atoms with Gasteiger partial charge in [0.2, 0.25) is 10.0 Å². The molecule has 1 aromatic rings. The van der Waals surface area contributed by atoms with Gasteiger partial charge in [0.25, 0.3) is 0 Å². The van der Waals surface area contributed by atoms with Crippen molar-refractivity contribution in [3.05, 3.63) is 28.5 Å². The van der Waals surface area contributed by atoms with Crippen molar-refractivity contribution in [1.29, 1.82) is 0 Å². The lowest BCUT2D eigenvalue weighted by Gasteiger charge is -2.28. The van der Waals surface area contributed by atoms with E-state index in [1.165, 1.54) is 19.1 Å². The third-order valence-electron chi connectivity index (χ3n) is 2.64. The Morgan fingerprint density at radius 3 is 2.44 bits per heavy atom. The molecule has 0 fully saturated rings. The number of hydrogen-bond donors (Lipinski definition) is 2. The standard InChI is InChI=1S/C11H15BrFNO3S/c1-7(15)11(2,3)14-18(16,17)8-4-5-9(12)10(13)6-8/h4-7,14-15H,1-3H3. The van der Waals surface area contributed by atoms with Gasteiger partial charge in [-0.15, -0.1) is 0 Å². The van der Waals surface area contributed by atoms with Crippen molar-refractivity contribution >= 4 is 26.0 Å². The minimum absolute atomic E-state index is 0.183. The van der Waals surface area contributed by atoms with Crippen LogP contribution in [0.15, 0.2) is 27.6 Å². The average molecular weight is 340 g/mol. The highest BCUT2D eigenvalue weighted by molar-refractivity contribution is 9.10. The first kappa shape index (κ1) is 15.6. The average Bonchev–Trinajstić information content (AvgIpc) is 2.20. The first-order chi connectivity index (χ1) is 8.06. The molecule has 1 atom stereocenters. The molecular weight excluding hydrogens is 325 g/mol. The molecule has 0 saturated heterocycles. The Kier molecular flexibility index (Phi) is 4.53. The molecule has 0 saturated carbocycles. The molecule has 1 aromatic carbocycles. The SMILES string of the molecule is CC(O)C(C)(C)NS(=O)(=O)c1ccc(Br)c(F)c1.